The lowest BCUT2D eigenvalue weighted by atomic mass is 9.74. The molecule has 2 N–H and O–H groups in total. The smallest absolute Gasteiger partial charge is 0.255 e. The van der Waals surface area contributed by atoms with E-state index < -0.39 is 24.0 Å². The number of halogens is 1. The zero-order chi connectivity index (χ0) is 29.4. The molecular formula is C32H36IN3O4S. The first kappa shape index (κ1) is 29.8. The van der Waals surface area contributed by atoms with E-state index in [4.69, 9.17) is 0 Å². The average molecular weight is 686 g/mol. The minimum absolute atomic E-state index is 0.0609. The molecule has 2 aliphatic rings. The second-order valence-corrected chi connectivity index (χ2v) is 13.7. The number of amides is 2. The normalized spacial score (nSPS) is 22.0. The molecule has 0 spiro atoms. The molecule has 1 fully saturated rings. The number of carbonyl (C=O) groups is 3. The summed E-state index contributed by atoms with van der Waals surface area (Å²) in [5, 5.41) is 13.9. The van der Waals surface area contributed by atoms with Gasteiger partial charge in [0.1, 0.15) is 0 Å². The van der Waals surface area contributed by atoms with Crippen LogP contribution in [0.4, 0.5) is 0 Å². The fourth-order valence-corrected chi connectivity index (χ4v) is 8.11. The fraction of sp³-hybridized carbons (Fsp3) is 0.438. The fourth-order valence-electron chi connectivity index (χ4n) is 6.33. The van der Waals surface area contributed by atoms with Crippen LogP contribution in [-0.2, 0) is 16.1 Å². The number of aryl methyl sites for hydroxylation is 1. The van der Waals surface area contributed by atoms with Crippen molar-refractivity contribution < 1.29 is 19.5 Å². The highest BCUT2D eigenvalue weighted by molar-refractivity contribution is 14.1. The molecule has 1 saturated carbocycles. The van der Waals surface area contributed by atoms with Crippen LogP contribution in [0.3, 0.4) is 0 Å². The van der Waals surface area contributed by atoms with E-state index in [1.54, 1.807) is 22.3 Å². The number of hydrogen-bond acceptors (Lipinski definition) is 6. The van der Waals surface area contributed by atoms with Crippen molar-refractivity contribution in [3.05, 3.63) is 73.9 Å². The Morgan fingerprint density at radius 1 is 1.10 bits per heavy atom. The largest absolute Gasteiger partial charge is 0.393 e. The van der Waals surface area contributed by atoms with Crippen molar-refractivity contribution >= 4 is 51.5 Å². The van der Waals surface area contributed by atoms with E-state index in [1.165, 1.54) is 0 Å². The Bertz CT molecular complexity index is 1470. The Morgan fingerprint density at radius 2 is 1.83 bits per heavy atom. The summed E-state index contributed by atoms with van der Waals surface area (Å²) in [5.41, 5.74) is 6.53. The zero-order valence-electron chi connectivity index (χ0n) is 23.8. The van der Waals surface area contributed by atoms with Crippen LogP contribution in [0.2, 0.25) is 0 Å². The van der Waals surface area contributed by atoms with Gasteiger partial charge in [0.25, 0.3) is 5.91 Å². The van der Waals surface area contributed by atoms with E-state index >= 15 is 0 Å². The Hall–Kier alpha value is -2.63. The van der Waals surface area contributed by atoms with Crippen molar-refractivity contribution in [1.82, 2.24) is 15.2 Å². The quantitative estimate of drug-likeness (QED) is 0.287. The molecule has 9 heteroatoms. The van der Waals surface area contributed by atoms with Crippen LogP contribution in [0.5, 0.6) is 0 Å². The Labute approximate surface area is 258 Å². The zero-order valence-corrected chi connectivity index (χ0v) is 26.7. The molecule has 2 heterocycles. The third-order valence-corrected chi connectivity index (χ3v) is 10.3. The number of aromatic nitrogens is 1. The third-order valence-electron chi connectivity index (χ3n) is 8.40. The van der Waals surface area contributed by atoms with Crippen molar-refractivity contribution in [3.8, 4) is 10.4 Å². The van der Waals surface area contributed by atoms with Gasteiger partial charge in [-0.15, -0.1) is 11.3 Å². The molecular weight excluding hydrogens is 649 g/mol. The second kappa shape index (κ2) is 12.3. The molecule has 0 radical (unpaired) electrons. The minimum atomic E-state index is -0.745. The van der Waals surface area contributed by atoms with E-state index in [2.05, 4.69) is 45.0 Å². The van der Waals surface area contributed by atoms with Crippen LogP contribution >= 0.6 is 33.9 Å². The molecule has 7 nitrogen and oxygen atoms in total. The number of nitrogens with one attached hydrogen (secondary N) is 1. The van der Waals surface area contributed by atoms with Crippen LogP contribution in [0.1, 0.15) is 73.3 Å². The van der Waals surface area contributed by atoms with Crippen LogP contribution in [-0.4, -0.2) is 44.7 Å². The van der Waals surface area contributed by atoms with E-state index in [-0.39, 0.29) is 29.6 Å². The number of fused-ring (bicyclic) bond motifs is 1. The summed E-state index contributed by atoms with van der Waals surface area (Å²) in [7, 11) is 0. The summed E-state index contributed by atoms with van der Waals surface area (Å²) < 4.78 is 1.05. The standard InChI is InChI=1S/C32H36IN3O4S/c1-17(2)28(36-15-21-7-5-6-8-26(21)32(36)40)29(38)22-11-23(13-24(37)12-22)31(39)35-18(3)25-10-9-20(14-27(25)33)30-19(4)34-16-41-30/h5-10,14,16-18,22-24,28,37H,11-13,15H2,1-4H3,(H,35,39)/t18-,22?,23-,24-,28-/m0/s1. The molecule has 1 aliphatic heterocycles. The Kier molecular flexibility index (Phi) is 8.96. The van der Waals surface area contributed by atoms with Gasteiger partial charge in [0.2, 0.25) is 5.91 Å². The van der Waals surface area contributed by atoms with Gasteiger partial charge >= 0.3 is 0 Å². The number of aliphatic hydroxyl groups excluding tert-OH is 1. The highest BCUT2D eigenvalue weighted by Gasteiger charge is 2.43. The third kappa shape index (κ3) is 6.12. The molecule has 5 atom stereocenters. The predicted molar refractivity (Wildman–Crippen MR) is 168 cm³/mol. The number of rotatable bonds is 8. The topological polar surface area (TPSA) is 99.6 Å². The SMILES string of the molecule is Cc1ncsc1-c1ccc([C@H](C)NC(=O)[C@H]2CC(C(=O)[C@H](C(C)C)N3Cc4ccccc4C3=O)C[C@H](O)C2)c(I)c1. The molecule has 5 rings (SSSR count). The van der Waals surface area contributed by atoms with Crippen molar-refractivity contribution in [2.75, 3.05) is 0 Å². The van der Waals surface area contributed by atoms with Gasteiger partial charge in [-0.2, -0.15) is 0 Å². The lowest BCUT2D eigenvalue weighted by Gasteiger charge is -2.37. The highest BCUT2D eigenvalue weighted by Crippen LogP contribution is 2.36. The summed E-state index contributed by atoms with van der Waals surface area (Å²) in [6.07, 6.45) is 0.258. The molecule has 1 unspecified atom stereocenters. The maximum Gasteiger partial charge on any atom is 0.255 e. The number of benzene rings is 2. The van der Waals surface area contributed by atoms with Crippen molar-refractivity contribution in [1.29, 1.82) is 0 Å². The number of nitrogens with zero attached hydrogens (tertiary/aromatic N) is 2. The van der Waals surface area contributed by atoms with E-state index in [0.717, 1.165) is 30.8 Å². The second-order valence-electron chi connectivity index (χ2n) is 11.7. The molecule has 1 aliphatic carbocycles. The Balaban J connectivity index is 1.27. The lowest BCUT2D eigenvalue weighted by Crippen LogP contribution is -2.50. The summed E-state index contributed by atoms with van der Waals surface area (Å²) in [6, 6.07) is 12.9. The Morgan fingerprint density at radius 3 is 2.49 bits per heavy atom. The molecule has 0 saturated heterocycles. The number of aliphatic hydroxyl groups is 1. The first-order chi connectivity index (χ1) is 19.5. The van der Waals surface area contributed by atoms with Gasteiger partial charge in [-0.3, -0.25) is 14.4 Å². The number of thiazole rings is 1. The minimum Gasteiger partial charge on any atom is -0.393 e. The van der Waals surface area contributed by atoms with Gasteiger partial charge in [-0.25, -0.2) is 4.98 Å². The average Bonchev–Trinajstić information content (AvgIpc) is 3.51. The lowest BCUT2D eigenvalue weighted by molar-refractivity contribution is -0.135. The van der Waals surface area contributed by atoms with Crippen molar-refractivity contribution in [2.24, 2.45) is 17.8 Å². The number of carbonyl (C=O) groups excluding carboxylic acids is 3. The van der Waals surface area contributed by atoms with Gasteiger partial charge in [-0.05, 0) is 90.4 Å². The summed E-state index contributed by atoms with van der Waals surface area (Å²) in [4.78, 5) is 47.8. The molecule has 0 bridgehead atoms. The first-order valence-electron chi connectivity index (χ1n) is 14.2. The summed E-state index contributed by atoms with van der Waals surface area (Å²) in [6.45, 7) is 8.26. The predicted octanol–water partition coefficient (Wildman–Crippen LogP) is 5.93. The first-order valence-corrected chi connectivity index (χ1v) is 16.1. The van der Waals surface area contributed by atoms with Crippen LogP contribution in [0, 0.1) is 28.2 Å². The van der Waals surface area contributed by atoms with Gasteiger partial charge in [0.15, 0.2) is 5.78 Å². The number of hydrogen-bond donors (Lipinski definition) is 2. The molecule has 1 aromatic heterocycles. The van der Waals surface area contributed by atoms with E-state index in [0.29, 0.717) is 31.4 Å². The van der Waals surface area contributed by atoms with E-state index in [1.807, 2.05) is 57.5 Å². The monoisotopic (exact) mass is 685 g/mol. The maximum atomic E-state index is 13.9. The van der Waals surface area contributed by atoms with E-state index in [9.17, 15) is 19.5 Å². The van der Waals surface area contributed by atoms with Crippen LogP contribution in [0.15, 0.2) is 48.0 Å². The molecule has 41 heavy (non-hydrogen) atoms. The van der Waals surface area contributed by atoms with Gasteiger partial charge in [0, 0.05) is 27.5 Å². The summed E-state index contributed by atoms with van der Waals surface area (Å²) >= 11 is 3.91. The van der Waals surface area contributed by atoms with Crippen LogP contribution < -0.4 is 5.32 Å². The highest BCUT2D eigenvalue weighted by atomic mass is 127. The van der Waals surface area contributed by atoms with Gasteiger partial charge < -0.3 is 15.3 Å². The van der Waals surface area contributed by atoms with Crippen molar-refractivity contribution in [2.45, 2.75) is 71.7 Å². The maximum absolute atomic E-state index is 13.9. The molecule has 2 amide bonds. The van der Waals surface area contributed by atoms with Crippen LogP contribution in [0.25, 0.3) is 10.4 Å². The van der Waals surface area contributed by atoms with Gasteiger partial charge in [0.05, 0.1) is 34.3 Å². The summed E-state index contributed by atoms with van der Waals surface area (Å²) in [5.74, 6) is -1.40. The molecule has 2 aromatic carbocycles. The number of Topliss-reactive ketones (excluding diaryl/α,β-unsaturated/α-hetero) is 1. The molecule has 216 valence electrons. The van der Waals surface area contributed by atoms with Gasteiger partial charge in [-0.1, -0.05) is 44.2 Å². The molecule has 3 aromatic rings. The van der Waals surface area contributed by atoms with Crippen molar-refractivity contribution in [3.63, 3.8) is 0 Å². The number of ketones is 1.